The first-order valence-electron chi connectivity index (χ1n) is 9.96. The molecule has 4 nitrogen and oxygen atoms in total. The fraction of sp³-hybridized carbons (Fsp3) is 0.250. The first-order chi connectivity index (χ1) is 14.5. The summed E-state index contributed by atoms with van der Waals surface area (Å²) in [5.74, 6) is -0.162. The van der Waals surface area contributed by atoms with Crippen LogP contribution in [0, 0.1) is 0 Å². The van der Waals surface area contributed by atoms with Crippen LogP contribution in [0.25, 0.3) is 12.2 Å². The van der Waals surface area contributed by atoms with Crippen molar-refractivity contribution in [3.05, 3.63) is 80.8 Å². The summed E-state index contributed by atoms with van der Waals surface area (Å²) in [5.41, 5.74) is 1.98. The lowest BCUT2D eigenvalue weighted by molar-refractivity contribution is -0.117. The van der Waals surface area contributed by atoms with Crippen LogP contribution < -0.4 is 10.6 Å². The lowest BCUT2D eigenvalue weighted by Crippen LogP contribution is -2.23. The summed E-state index contributed by atoms with van der Waals surface area (Å²) in [5, 5.41) is 5.78. The highest BCUT2D eigenvalue weighted by Gasteiger charge is 1.98. The Balaban J connectivity index is 1.48. The van der Waals surface area contributed by atoms with E-state index in [1.807, 2.05) is 48.5 Å². The van der Waals surface area contributed by atoms with Gasteiger partial charge in [0.2, 0.25) is 11.8 Å². The summed E-state index contributed by atoms with van der Waals surface area (Å²) in [4.78, 5) is 23.6. The molecule has 2 N–H and O–H groups in total. The predicted molar refractivity (Wildman–Crippen MR) is 131 cm³/mol. The number of benzene rings is 2. The third-order valence-corrected chi connectivity index (χ3v) is 5.35. The molecule has 0 bridgehead atoms. The van der Waals surface area contributed by atoms with Gasteiger partial charge in [-0.3, -0.25) is 9.59 Å². The van der Waals surface area contributed by atoms with Crippen LogP contribution in [0.2, 0.25) is 0 Å². The van der Waals surface area contributed by atoms with E-state index in [1.54, 1.807) is 24.3 Å². The number of hydrogen-bond acceptors (Lipinski definition) is 2. The molecule has 2 rings (SSSR count). The van der Waals surface area contributed by atoms with Crippen LogP contribution in [0.4, 0.5) is 0 Å². The Bertz CT molecular complexity index is 786. The largest absolute Gasteiger partial charge is 0.353 e. The molecule has 0 unspecified atom stereocenters. The molecule has 0 atom stereocenters. The summed E-state index contributed by atoms with van der Waals surface area (Å²) in [6.45, 7) is 1.32. The molecule has 0 heterocycles. The highest BCUT2D eigenvalue weighted by atomic mass is 79.9. The van der Waals surface area contributed by atoms with Crippen LogP contribution in [0.15, 0.2) is 69.6 Å². The van der Waals surface area contributed by atoms with Gasteiger partial charge in [0, 0.05) is 34.2 Å². The Morgan fingerprint density at radius 2 is 1.00 bits per heavy atom. The second-order valence-corrected chi connectivity index (χ2v) is 8.60. The second kappa shape index (κ2) is 13.9. The molecule has 0 aliphatic rings. The predicted octanol–water partition coefficient (Wildman–Crippen LogP) is 5.73. The molecule has 0 saturated carbocycles. The number of hydrogen-bond donors (Lipinski definition) is 2. The number of amides is 2. The maximum Gasteiger partial charge on any atom is 0.243 e. The quantitative estimate of drug-likeness (QED) is 0.286. The number of carbonyl (C=O) groups is 2. The van der Waals surface area contributed by atoms with Crippen LogP contribution in [-0.4, -0.2) is 24.9 Å². The smallest absolute Gasteiger partial charge is 0.243 e. The summed E-state index contributed by atoms with van der Waals surface area (Å²) in [6, 6.07) is 15.6. The van der Waals surface area contributed by atoms with E-state index in [4.69, 9.17) is 0 Å². The van der Waals surface area contributed by atoms with Crippen molar-refractivity contribution in [1.29, 1.82) is 0 Å². The molecule has 30 heavy (non-hydrogen) atoms. The fourth-order valence-corrected chi connectivity index (χ4v) is 3.16. The molecule has 0 saturated heterocycles. The zero-order valence-corrected chi connectivity index (χ0v) is 19.9. The van der Waals surface area contributed by atoms with Crippen molar-refractivity contribution in [3.8, 4) is 0 Å². The van der Waals surface area contributed by atoms with Crippen LogP contribution >= 0.6 is 31.9 Å². The molecular weight excluding hydrogens is 508 g/mol. The number of carbonyl (C=O) groups excluding carboxylic acids is 2. The van der Waals surface area contributed by atoms with E-state index in [-0.39, 0.29) is 11.8 Å². The minimum absolute atomic E-state index is 0.0808. The lowest BCUT2D eigenvalue weighted by atomic mass is 10.2. The normalized spacial score (nSPS) is 11.1. The van der Waals surface area contributed by atoms with Gasteiger partial charge in [-0.25, -0.2) is 0 Å². The summed E-state index contributed by atoms with van der Waals surface area (Å²) < 4.78 is 2.03. The molecule has 0 fully saturated rings. The van der Waals surface area contributed by atoms with Crippen molar-refractivity contribution in [2.45, 2.75) is 25.7 Å². The van der Waals surface area contributed by atoms with Crippen molar-refractivity contribution >= 4 is 55.8 Å². The van der Waals surface area contributed by atoms with E-state index in [2.05, 4.69) is 42.5 Å². The van der Waals surface area contributed by atoms with Gasteiger partial charge in [-0.05, 0) is 60.4 Å². The van der Waals surface area contributed by atoms with Gasteiger partial charge in [0.25, 0.3) is 0 Å². The monoisotopic (exact) mass is 532 g/mol. The van der Waals surface area contributed by atoms with Gasteiger partial charge >= 0.3 is 0 Å². The third-order valence-electron chi connectivity index (χ3n) is 4.30. The second-order valence-electron chi connectivity index (χ2n) is 6.77. The van der Waals surface area contributed by atoms with E-state index < -0.39 is 0 Å². The molecule has 2 aromatic rings. The van der Waals surface area contributed by atoms with E-state index in [9.17, 15) is 9.59 Å². The average Bonchev–Trinajstić information content (AvgIpc) is 2.74. The van der Waals surface area contributed by atoms with Gasteiger partial charge in [-0.2, -0.15) is 0 Å². The highest BCUT2D eigenvalue weighted by molar-refractivity contribution is 9.10. The zero-order valence-electron chi connectivity index (χ0n) is 16.7. The minimum atomic E-state index is -0.0808. The van der Waals surface area contributed by atoms with Crippen LogP contribution in [0.5, 0.6) is 0 Å². The number of nitrogens with one attached hydrogen (secondary N) is 2. The standard InChI is InChI=1S/C24H26Br2N2O2/c25-21-11-5-19(6-12-21)9-15-23(29)27-17-3-1-2-4-18-28-24(30)16-10-20-7-13-22(26)14-8-20/h5-16H,1-4,17-18H2,(H,27,29)(H,28,30). The molecule has 2 amide bonds. The Hall–Kier alpha value is -2.18. The van der Waals surface area contributed by atoms with Crippen LogP contribution in [0.3, 0.4) is 0 Å². The lowest BCUT2D eigenvalue weighted by Gasteiger charge is -2.04. The van der Waals surface area contributed by atoms with Crippen molar-refractivity contribution < 1.29 is 9.59 Å². The Morgan fingerprint density at radius 3 is 1.37 bits per heavy atom. The minimum Gasteiger partial charge on any atom is -0.353 e. The van der Waals surface area contributed by atoms with E-state index in [0.717, 1.165) is 45.8 Å². The van der Waals surface area contributed by atoms with Gasteiger partial charge in [-0.1, -0.05) is 69.0 Å². The highest BCUT2D eigenvalue weighted by Crippen LogP contribution is 2.12. The number of unbranched alkanes of at least 4 members (excludes halogenated alkanes) is 3. The van der Waals surface area contributed by atoms with Gasteiger partial charge in [-0.15, -0.1) is 0 Å². The van der Waals surface area contributed by atoms with Gasteiger partial charge < -0.3 is 10.6 Å². The Morgan fingerprint density at radius 1 is 0.633 bits per heavy atom. The first-order valence-corrected chi connectivity index (χ1v) is 11.5. The van der Waals surface area contributed by atoms with E-state index in [0.29, 0.717) is 13.1 Å². The fourth-order valence-electron chi connectivity index (χ4n) is 2.64. The maximum atomic E-state index is 11.8. The molecular formula is C24H26Br2N2O2. The summed E-state index contributed by atoms with van der Waals surface area (Å²) in [6.07, 6.45) is 10.6. The first kappa shape index (κ1) is 24.1. The maximum absolute atomic E-state index is 11.8. The van der Waals surface area contributed by atoms with E-state index in [1.165, 1.54) is 0 Å². The zero-order chi connectivity index (χ0) is 21.6. The summed E-state index contributed by atoms with van der Waals surface area (Å²) in [7, 11) is 0. The molecule has 2 aromatic carbocycles. The Labute approximate surface area is 195 Å². The van der Waals surface area contributed by atoms with Gasteiger partial charge in [0.1, 0.15) is 0 Å². The number of rotatable bonds is 11. The Kier molecular flexibility index (Phi) is 11.2. The molecule has 0 radical (unpaired) electrons. The van der Waals surface area contributed by atoms with Crippen LogP contribution in [-0.2, 0) is 9.59 Å². The van der Waals surface area contributed by atoms with Crippen molar-refractivity contribution in [2.75, 3.05) is 13.1 Å². The molecule has 0 aliphatic heterocycles. The molecule has 0 aliphatic carbocycles. The van der Waals surface area contributed by atoms with Crippen molar-refractivity contribution in [3.63, 3.8) is 0 Å². The van der Waals surface area contributed by atoms with Crippen molar-refractivity contribution in [2.24, 2.45) is 0 Å². The average molecular weight is 534 g/mol. The van der Waals surface area contributed by atoms with Crippen molar-refractivity contribution in [1.82, 2.24) is 10.6 Å². The number of halogens is 2. The third kappa shape index (κ3) is 10.6. The molecule has 0 aromatic heterocycles. The molecule has 6 heteroatoms. The SMILES string of the molecule is O=C(C=Cc1ccc(Br)cc1)NCCCCCCNC(=O)C=Cc1ccc(Br)cc1. The summed E-state index contributed by atoms with van der Waals surface area (Å²) >= 11 is 6.77. The van der Waals surface area contributed by atoms with E-state index >= 15 is 0 Å². The topological polar surface area (TPSA) is 58.2 Å². The molecule has 158 valence electrons. The molecule has 0 spiro atoms. The van der Waals surface area contributed by atoms with Gasteiger partial charge in [0.15, 0.2) is 0 Å². The van der Waals surface area contributed by atoms with Gasteiger partial charge in [0.05, 0.1) is 0 Å². The van der Waals surface area contributed by atoms with Crippen LogP contribution in [0.1, 0.15) is 36.8 Å².